The molecular formula is C35H43N4O9+. The lowest BCUT2D eigenvalue weighted by atomic mass is 9.51. The number of likely N-dealkylation sites (N-methyl/N-ethyl adjacent to an activating group) is 2. The van der Waals surface area contributed by atoms with Crippen LogP contribution in [0.4, 0.5) is 4.79 Å². The van der Waals surface area contributed by atoms with E-state index in [-0.39, 0.29) is 24.3 Å². The molecule has 6 atom stereocenters. The number of carboxylic acid groups (broad SMARTS) is 1. The number of hydrogen-bond donors (Lipinski definition) is 3. The number of likely N-dealkylation sites (tertiary alicyclic amines) is 1. The van der Waals surface area contributed by atoms with E-state index in [1.54, 1.807) is 19.2 Å². The van der Waals surface area contributed by atoms with Crippen molar-refractivity contribution in [3.05, 3.63) is 53.1 Å². The summed E-state index contributed by atoms with van der Waals surface area (Å²) in [6.45, 7) is 3.05. The number of nitrogens with one attached hydrogen (secondary N) is 2. The summed E-state index contributed by atoms with van der Waals surface area (Å²) in [5.74, 6) is -0.0210. The first-order chi connectivity index (χ1) is 22.9. The van der Waals surface area contributed by atoms with Crippen LogP contribution in [0.5, 0.6) is 17.2 Å². The molecule has 2 fully saturated rings. The van der Waals surface area contributed by atoms with Gasteiger partial charge >= 0.3 is 12.1 Å². The highest BCUT2D eigenvalue weighted by Gasteiger charge is 2.69. The van der Waals surface area contributed by atoms with Gasteiger partial charge in [-0.1, -0.05) is 6.07 Å². The Morgan fingerprint density at radius 3 is 2.60 bits per heavy atom. The fourth-order valence-corrected chi connectivity index (χ4v) is 8.59. The maximum Gasteiger partial charge on any atom is 0.415 e. The van der Waals surface area contributed by atoms with Crippen LogP contribution in [0, 0.1) is 5.92 Å². The van der Waals surface area contributed by atoms with Crippen LogP contribution in [-0.2, 0) is 37.6 Å². The van der Waals surface area contributed by atoms with Crippen molar-refractivity contribution >= 4 is 29.7 Å². The van der Waals surface area contributed by atoms with Crippen molar-refractivity contribution in [1.82, 2.24) is 15.5 Å². The first-order valence-corrected chi connectivity index (χ1v) is 16.4. The number of carbonyl (C=O) groups excluding carboxylic acids is 4. The van der Waals surface area contributed by atoms with Crippen LogP contribution in [0.1, 0.15) is 49.3 Å². The highest BCUT2D eigenvalue weighted by molar-refractivity contribution is 5.90. The van der Waals surface area contributed by atoms with Gasteiger partial charge in [-0.3, -0.25) is 19.2 Å². The average Bonchev–Trinajstić information content (AvgIpc) is 3.40. The number of aliphatic carboxylic acids is 1. The molecule has 3 amide bonds. The second-order valence-corrected chi connectivity index (χ2v) is 13.7. The molecule has 6 rings (SSSR count). The van der Waals surface area contributed by atoms with E-state index < -0.39 is 42.4 Å². The quantitative estimate of drug-likeness (QED) is 0.306. The summed E-state index contributed by atoms with van der Waals surface area (Å²) in [7, 11) is 5.49. The van der Waals surface area contributed by atoms with Crippen molar-refractivity contribution in [2.24, 2.45) is 5.92 Å². The molecule has 0 radical (unpaired) electrons. The molecule has 13 heteroatoms. The maximum absolute atomic E-state index is 13.2. The lowest BCUT2D eigenvalue weighted by Gasteiger charge is -2.60. The predicted molar refractivity (Wildman–Crippen MR) is 172 cm³/mol. The number of carboxylic acids is 1. The third-order valence-electron chi connectivity index (χ3n) is 10.8. The summed E-state index contributed by atoms with van der Waals surface area (Å²) < 4.78 is 18.5. The predicted octanol–water partition coefficient (Wildman–Crippen LogP) is 2.17. The third kappa shape index (κ3) is 5.84. The number of carbonyl (C=O) groups is 5. The van der Waals surface area contributed by atoms with Gasteiger partial charge in [0.1, 0.15) is 18.3 Å². The molecule has 2 heterocycles. The number of benzene rings is 2. The van der Waals surface area contributed by atoms with Crippen molar-refractivity contribution < 1.29 is 47.8 Å². The van der Waals surface area contributed by atoms with E-state index >= 15 is 0 Å². The molecule has 1 spiro atoms. The summed E-state index contributed by atoms with van der Waals surface area (Å²) in [4.78, 5) is 62.0. The molecule has 48 heavy (non-hydrogen) atoms. The van der Waals surface area contributed by atoms with Gasteiger partial charge < -0.3 is 39.3 Å². The first-order valence-electron chi connectivity index (χ1n) is 16.4. The number of methoxy groups -OCH3 is 1. The number of hydrogen-bond acceptors (Lipinski definition) is 8. The SMILES string of the molecule is COc1ccc2c3c1O[C@H]1C(=O)CC[C@H]4C(C2)[N@@+](C)(Cc2ccc(OC(=O)N(C)CCNC(=O)[C@H](CC(=O)O)NC(C)=O)cc2)CC[C@]314. The minimum atomic E-state index is -1.22. The monoisotopic (exact) mass is 663 g/mol. The van der Waals surface area contributed by atoms with Crippen molar-refractivity contribution in [3.8, 4) is 17.2 Å². The molecular weight excluding hydrogens is 620 g/mol. The lowest BCUT2D eigenvalue weighted by molar-refractivity contribution is -0.957. The van der Waals surface area contributed by atoms with Gasteiger partial charge in [0.2, 0.25) is 11.8 Å². The number of ether oxygens (including phenoxy) is 3. The summed E-state index contributed by atoms with van der Waals surface area (Å²) in [6.07, 6.45) is 1.55. The molecule has 1 unspecified atom stereocenters. The van der Waals surface area contributed by atoms with Gasteiger partial charge in [-0.05, 0) is 42.3 Å². The Morgan fingerprint density at radius 1 is 1.17 bits per heavy atom. The highest BCUT2D eigenvalue weighted by atomic mass is 16.6. The van der Waals surface area contributed by atoms with Gasteiger partial charge in [0.05, 0.1) is 38.6 Å². The Bertz CT molecular complexity index is 1630. The number of ketones is 1. The van der Waals surface area contributed by atoms with Gasteiger partial charge in [0, 0.05) is 63.4 Å². The third-order valence-corrected chi connectivity index (χ3v) is 10.8. The Balaban J connectivity index is 1.08. The van der Waals surface area contributed by atoms with Crippen molar-refractivity contribution in [3.63, 3.8) is 0 Å². The Kier molecular flexibility index (Phi) is 8.84. The van der Waals surface area contributed by atoms with Gasteiger partial charge in [0.25, 0.3) is 0 Å². The van der Waals surface area contributed by atoms with Crippen LogP contribution in [0.2, 0.25) is 0 Å². The minimum absolute atomic E-state index is 0.0411. The van der Waals surface area contributed by atoms with Crippen LogP contribution >= 0.6 is 0 Å². The number of quaternary nitrogens is 1. The summed E-state index contributed by atoms with van der Waals surface area (Å²) in [6, 6.07) is 10.7. The van der Waals surface area contributed by atoms with E-state index in [0.717, 1.165) is 48.1 Å². The highest BCUT2D eigenvalue weighted by Crippen LogP contribution is 2.64. The summed E-state index contributed by atoms with van der Waals surface area (Å²) in [5.41, 5.74) is 3.28. The summed E-state index contributed by atoms with van der Waals surface area (Å²) >= 11 is 0. The molecule has 2 bridgehead atoms. The smallest absolute Gasteiger partial charge is 0.415 e. The van der Waals surface area contributed by atoms with Gasteiger partial charge in [-0.2, -0.15) is 0 Å². The van der Waals surface area contributed by atoms with E-state index in [1.807, 2.05) is 18.2 Å². The minimum Gasteiger partial charge on any atom is -0.493 e. The average molecular weight is 664 g/mol. The molecule has 0 aromatic heterocycles. The largest absolute Gasteiger partial charge is 0.493 e. The number of Topliss-reactive ketones (excluding diaryl/α,β-unsaturated/α-hetero) is 1. The van der Waals surface area contributed by atoms with E-state index in [1.165, 1.54) is 30.0 Å². The molecule has 2 aromatic rings. The Labute approximate surface area is 279 Å². The van der Waals surface area contributed by atoms with E-state index in [2.05, 4.69) is 23.7 Å². The molecule has 2 aliphatic carbocycles. The second-order valence-electron chi connectivity index (χ2n) is 13.7. The lowest BCUT2D eigenvalue weighted by Crippen LogP contribution is -2.71. The normalized spacial score (nSPS) is 26.8. The zero-order valence-corrected chi connectivity index (χ0v) is 27.7. The van der Waals surface area contributed by atoms with Crippen LogP contribution in [-0.4, -0.2) is 103 Å². The Hall–Kier alpha value is -4.65. The van der Waals surface area contributed by atoms with Crippen molar-refractivity contribution in [2.75, 3.05) is 40.8 Å². The van der Waals surface area contributed by atoms with Crippen LogP contribution in [0.25, 0.3) is 0 Å². The maximum atomic E-state index is 13.2. The molecule has 2 aliphatic heterocycles. The number of amides is 3. The van der Waals surface area contributed by atoms with E-state index in [4.69, 9.17) is 19.3 Å². The molecule has 1 saturated carbocycles. The number of piperidine rings is 1. The molecule has 1 saturated heterocycles. The molecule has 256 valence electrons. The fourth-order valence-electron chi connectivity index (χ4n) is 8.59. The molecule has 2 aromatic carbocycles. The zero-order chi connectivity index (χ0) is 34.4. The zero-order valence-electron chi connectivity index (χ0n) is 27.7. The van der Waals surface area contributed by atoms with Crippen molar-refractivity contribution in [1.29, 1.82) is 0 Å². The van der Waals surface area contributed by atoms with Gasteiger partial charge in [-0.15, -0.1) is 0 Å². The van der Waals surface area contributed by atoms with Crippen LogP contribution < -0.4 is 24.8 Å². The van der Waals surface area contributed by atoms with Crippen LogP contribution in [0.3, 0.4) is 0 Å². The number of nitrogens with zero attached hydrogens (tertiary/aromatic N) is 2. The van der Waals surface area contributed by atoms with Crippen LogP contribution in [0.15, 0.2) is 36.4 Å². The first kappa shape index (κ1) is 33.3. The fraction of sp³-hybridized carbons (Fsp3) is 0.514. The Morgan fingerprint density at radius 2 is 1.92 bits per heavy atom. The van der Waals surface area contributed by atoms with Gasteiger partial charge in [0.15, 0.2) is 23.4 Å². The van der Waals surface area contributed by atoms with E-state index in [9.17, 15) is 24.0 Å². The topological polar surface area (TPSA) is 161 Å². The summed E-state index contributed by atoms with van der Waals surface area (Å²) in [5, 5.41) is 13.9. The molecule has 3 N–H and O–H groups in total. The molecule has 4 aliphatic rings. The second kappa shape index (κ2) is 12.8. The van der Waals surface area contributed by atoms with Gasteiger partial charge in [-0.25, -0.2) is 4.79 Å². The van der Waals surface area contributed by atoms with Crippen molar-refractivity contribution in [2.45, 2.75) is 69.2 Å². The number of rotatable bonds is 11. The standard InChI is InChI=1S/C35H42N4O9/c1-20(40)37-25(18-29(42)43)33(44)36-14-15-38(2)34(45)47-23-8-5-21(6-9-23)19-39(3)16-13-35-24-10-11-27(41)32(35)48-31-28(46-4)12-7-22(30(31)35)17-26(24)39/h5-9,12,24-26,32H,10-11,13-19H2,1-4H3,(H2-,36,37,40,42,43,44)/p+1/t24-,25-,26?,32-,35-,39+/m0/s1. The molecule has 13 nitrogen and oxygen atoms in total. The van der Waals surface area contributed by atoms with E-state index in [0.29, 0.717) is 29.9 Å².